The smallest absolute Gasteiger partial charge is 0.190 e. The fraction of sp³-hybridized carbons (Fsp3) is 0.182. The quantitative estimate of drug-likeness (QED) is 0.552. The van der Waals surface area contributed by atoms with Crippen LogP contribution in [-0.2, 0) is 0 Å². The maximum Gasteiger partial charge on any atom is 0.190 e. The highest BCUT2D eigenvalue weighted by Gasteiger charge is 2.08. The molecule has 0 atom stereocenters. The van der Waals surface area contributed by atoms with Gasteiger partial charge in [0.25, 0.3) is 0 Å². The third kappa shape index (κ3) is 2.18. The van der Waals surface area contributed by atoms with Crippen LogP contribution in [0.3, 0.4) is 0 Å². The molecule has 0 spiro atoms. The van der Waals surface area contributed by atoms with E-state index in [1.807, 2.05) is 18.2 Å². The highest BCUT2D eigenvalue weighted by molar-refractivity contribution is 6.08. The minimum Gasteiger partial charge on any atom is -0.402 e. The summed E-state index contributed by atoms with van der Waals surface area (Å²) in [4.78, 5) is 11.6. The average Bonchev–Trinajstić information content (AvgIpc) is 2.17. The fourth-order valence-corrected chi connectivity index (χ4v) is 0.985. The van der Waals surface area contributed by atoms with E-state index >= 15 is 0 Å². The van der Waals surface area contributed by atoms with Crippen molar-refractivity contribution >= 4 is 5.78 Å². The monoisotopic (exact) mass is 175 g/mol. The van der Waals surface area contributed by atoms with E-state index < -0.39 is 0 Å². The second-order valence-corrected chi connectivity index (χ2v) is 3.00. The molecule has 68 valence electrons. The molecule has 2 N–H and O–H groups in total. The SMILES string of the molecule is C/C(N)=C(\C)C(=O)c1ccccc1. The van der Waals surface area contributed by atoms with Gasteiger partial charge in [-0.05, 0) is 13.8 Å². The Labute approximate surface area is 78.1 Å². The Morgan fingerprint density at radius 2 is 1.69 bits per heavy atom. The molecule has 0 saturated heterocycles. The van der Waals surface area contributed by atoms with Gasteiger partial charge in [0.05, 0.1) is 0 Å². The highest BCUT2D eigenvalue weighted by Crippen LogP contribution is 2.08. The van der Waals surface area contributed by atoms with Crippen molar-refractivity contribution in [2.45, 2.75) is 13.8 Å². The maximum absolute atomic E-state index is 11.6. The molecule has 1 aromatic carbocycles. The van der Waals surface area contributed by atoms with Crippen LogP contribution in [0.25, 0.3) is 0 Å². The number of ketones is 1. The molecule has 0 amide bonds. The summed E-state index contributed by atoms with van der Waals surface area (Å²) < 4.78 is 0. The molecule has 2 nitrogen and oxygen atoms in total. The number of carbonyl (C=O) groups is 1. The summed E-state index contributed by atoms with van der Waals surface area (Å²) in [6.45, 7) is 3.47. The van der Waals surface area contributed by atoms with Crippen molar-refractivity contribution in [3.8, 4) is 0 Å². The van der Waals surface area contributed by atoms with Crippen molar-refractivity contribution in [1.82, 2.24) is 0 Å². The third-order valence-corrected chi connectivity index (χ3v) is 1.97. The predicted octanol–water partition coefficient (Wildman–Crippen LogP) is 2.12. The molecule has 0 aromatic heterocycles. The van der Waals surface area contributed by atoms with Gasteiger partial charge in [0.1, 0.15) is 0 Å². The fourth-order valence-electron chi connectivity index (χ4n) is 0.985. The molecule has 0 radical (unpaired) electrons. The molecule has 0 saturated carbocycles. The number of carbonyl (C=O) groups excluding carboxylic acids is 1. The van der Waals surface area contributed by atoms with Crippen molar-refractivity contribution < 1.29 is 4.79 Å². The Kier molecular flexibility index (Phi) is 2.85. The van der Waals surface area contributed by atoms with Crippen LogP contribution in [0.1, 0.15) is 24.2 Å². The van der Waals surface area contributed by atoms with E-state index in [2.05, 4.69) is 0 Å². The minimum atomic E-state index is 0.000556. The molecule has 0 aliphatic heterocycles. The van der Waals surface area contributed by atoms with E-state index in [4.69, 9.17) is 5.73 Å². The summed E-state index contributed by atoms with van der Waals surface area (Å²) in [7, 11) is 0. The molecule has 0 bridgehead atoms. The van der Waals surface area contributed by atoms with Crippen molar-refractivity contribution in [2.75, 3.05) is 0 Å². The Balaban J connectivity index is 3.00. The first-order chi connectivity index (χ1) is 6.13. The van der Waals surface area contributed by atoms with E-state index in [0.717, 1.165) is 0 Å². The summed E-state index contributed by atoms with van der Waals surface area (Å²) in [5, 5.41) is 0. The van der Waals surface area contributed by atoms with Gasteiger partial charge in [-0.25, -0.2) is 0 Å². The number of Topliss-reactive ketones (excluding diaryl/α,β-unsaturated/α-hetero) is 1. The molecule has 0 fully saturated rings. The number of nitrogens with two attached hydrogens (primary N) is 1. The molecule has 0 aliphatic carbocycles. The van der Waals surface area contributed by atoms with E-state index in [1.165, 1.54) is 0 Å². The average molecular weight is 175 g/mol. The van der Waals surface area contributed by atoms with Crippen LogP contribution in [0.5, 0.6) is 0 Å². The van der Waals surface area contributed by atoms with Gasteiger partial charge < -0.3 is 5.73 Å². The van der Waals surface area contributed by atoms with Crippen LogP contribution in [-0.4, -0.2) is 5.78 Å². The predicted molar refractivity (Wildman–Crippen MR) is 53.3 cm³/mol. The van der Waals surface area contributed by atoms with Gasteiger partial charge in [0.15, 0.2) is 5.78 Å². The number of rotatable bonds is 2. The first-order valence-electron chi connectivity index (χ1n) is 4.15. The molecular weight excluding hydrogens is 162 g/mol. The first-order valence-corrected chi connectivity index (χ1v) is 4.15. The maximum atomic E-state index is 11.6. The zero-order chi connectivity index (χ0) is 9.84. The molecular formula is C11H13NO. The number of allylic oxidation sites excluding steroid dienone is 2. The lowest BCUT2D eigenvalue weighted by atomic mass is 10.0. The lowest BCUT2D eigenvalue weighted by Crippen LogP contribution is -2.06. The van der Waals surface area contributed by atoms with Gasteiger partial charge in [-0.2, -0.15) is 0 Å². The first kappa shape index (κ1) is 9.52. The summed E-state index contributed by atoms with van der Waals surface area (Å²) in [5.41, 5.74) is 7.41. The second kappa shape index (κ2) is 3.90. The van der Waals surface area contributed by atoms with Crippen LogP contribution in [0, 0.1) is 0 Å². The van der Waals surface area contributed by atoms with E-state index in [0.29, 0.717) is 16.8 Å². The van der Waals surface area contributed by atoms with Gasteiger partial charge in [-0.1, -0.05) is 30.3 Å². The van der Waals surface area contributed by atoms with E-state index in [1.54, 1.807) is 26.0 Å². The van der Waals surface area contributed by atoms with Gasteiger partial charge in [0.2, 0.25) is 0 Å². The third-order valence-electron chi connectivity index (χ3n) is 1.97. The van der Waals surface area contributed by atoms with Crippen LogP contribution in [0.4, 0.5) is 0 Å². The molecule has 1 aromatic rings. The normalized spacial score (nSPS) is 12.2. The van der Waals surface area contributed by atoms with Crippen molar-refractivity contribution in [2.24, 2.45) is 5.73 Å². The Hall–Kier alpha value is -1.57. The van der Waals surface area contributed by atoms with Crippen molar-refractivity contribution in [3.05, 3.63) is 47.2 Å². The minimum absolute atomic E-state index is 0.000556. The Morgan fingerprint density at radius 3 is 2.15 bits per heavy atom. The zero-order valence-electron chi connectivity index (χ0n) is 7.87. The van der Waals surface area contributed by atoms with Crippen LogP contribution >= 0.6 is 0 Å². The Bertz CT molecular complexity index is 334. The van der Waals surface area contributed by atoms with Crippen LogP contribution < -0.4 is 5.73 Å². The number of hydrogen-bond acceptors (Lipinski definition) is 2. The van der Waals surface area contributed by atoms with Crippen molar-refractivity contribution in [3.63, 3.8) is 0 Å². The molecule has 0 heterocycles. The standard InChI is InChI=1S/C11H13NO/c1-8(9(2)12)11(13)10-6-4-3-5-7-10/h3-7H,12H2,1-2H3/b9-8-. The summed E-state index contributed by atoms with van der Waals surface area (Å²) in [5.74, 6) is 0.000556. The summed E-state index contributed by atoms with van der Waals surface area (Å²) in [6, 6.07) is 9.13. The van der Waals surface area contributed by atoms with Gasteiger partial charge in [-0.15, -0.1) is 0 Å². The largest absolute Gasteiger partial charge is 0.402 e. The lowest BCUT2D eigenvalue weighted by Gasteiger charge is -2.02. The molecule has 13 heavy (non-hydrogen) atoms. The van der Waals surface area contributed by atoms with E-state index in [-0.39, 0.29) is 5.78 Å². The Morgan fingerprint density at radius 1 is 1.15 bits per heavy atom. The van der Waals surface area contributed by atoms with Crippen LogP contribution in [0.2, 0.25) is 0 Å². The number of hydrogen-bond donors (Lipinski definition) is 1. The topological polar surface area (TPSA) is 43.1 Å². The molecule has 0 unspecified atom stereocenters. The molecule has 1 rings (SSSR count). The van der Waals surface area contributed by atoms with E-state index in [9.17, 15) is 4.79 Å². The molecule has 2 heteroatoms. The van der Waals surface area contributed by atoms with Gasteiger partial charge in [-0.3, -0.25) is 4.79 Å². The van der Waals surface area contributed by atoms with Gasteiger partial charge in [0, 0.05) is 16.8 Å². The van der Waals surface area contributed by atoms with Crippen LogP contribution in [0.15, 0.2) is 41.6 Å². The summed E-state index contributed by atoms with van der Waals surface area (Å²) in [6.07, 6.45) is 0. The zero-order valence-corrected chi connectivity index (χ0v) is 7.87. The second-order valence-electron chi connectivity index (χ2n) is 3.00. The van der Waals surface area contributed by atoms with Crippen molar-refractivity contribution in [1.29, 1.82) is 0 Å². The highest BCUT2D eigenvalue weighted by atomic mass is 16.1. The van der Waals surface area contributed by atoms with Gasteiger partial charge >= 0.3 is 0 Å². The summed E-state index contributed by atoms with van der Waals surface area (Å²) >= 11 is 0. The molecule has 0 aliphatic rings. The number of benzene rings is 1. The lowest BCUT2D eigenvalue weighted by molar-refractivity contribution is 0.103.